The lowest BCUT2D eigenvalue weighted by molar-refractivity contribution is 0.102. The highest BCUT2D eigenvalue weighted by atomic mass is 35.5. The number of amides is 1. The van der Waals surface area contributed by atoms with Crippen molar-refractivity contribution in [3.63, 3.8) is 0 Å². The first-order valence-electron chi connectivity index (χ1n) is 4.42. The predicted octanol–water partition coefficient (Wildman–Crippen LogP) is 2.16. The summed E-state index contributed by atoms with van der Waals surface area (Å²) >= 11 is 5.66. The Morgan fingerprint density at radius 2 is 2.25 bits per heavy atom. The van der Waals surface area contributed by atoms with Crippen LogP contribution >= 0.6 is 11.6 Å². The zero-order valence-electron chi connectivity index (χ0n) is 8.11. The highest BCUT2D eigenvalue weighted by molar-refractivity contribution is 6.32. The summed E-state index contributed by atoms with van der Waals surface area (Å²) in [6.07, 6.45) is 2.79. The minimum absolute atomic E-state index is 0.0490. The third kappa shape index (κ3) is 2.14. The molecule has 16 heavy (non-hydrogen) atoms. The second kappa shape index (κ2) is 4.24. The first-order valence-corrected chi connectivity index (χ1v) is 4.80. The van der Waals surface area contributed by atoms with Gasteiger partial charge >= 0.3 is 0 Å². The number of nitrogens with zero attached hydrogens (tertiary/aromatic N) is 1. The number of anilines is 2. The number of carbonyl (C=O) groups is 1. The molecule has 0 saturated carbocycles. The molecule has 0 unspecified atom stereocenters. The fraction of sp³-hybridized carbons (Fsp3) is 0. The van der Waals surface area contributed by atoms with Crippen molar-refractivity contribution >= 4 is 29.0 Å². The maximum atomic E-state index is 11.7. The molecule has 1 amide bonds. The summed E-state index contributed by atoms with van der Waals surface area (Å²) in [5, 5.41) is 2.61. The maximum absolute atomic E-state index is 11.7. The van der Waals surface area contributed by atoms with Gasteiger partial charge in [0.15, 0.2) is 0 Å². The Hall–Kier alpha value is -2.01. The quantitative estimate of drug-likeness (QED) is 0.839. The van der Waals surface area contributed by atoms with Crippen molar-refractivity contribution in [1.29, 1.82) is 0 Å². The summed E-state index contributed by atoms with van der Waals surface area (Å²) < 4.78 is 4.81. The van der Waals surface area contributed by atoms with Crippen LogP contribution in [0.3, 0.4) is 0 Å². The van der Waals surface area contributed by atoms with Crippen LogP contribution in [-0.4, -0.2) is 10.9 Å². The predicted molar refractivity (Wildman–Crippen MR) is 60.3 cm³/mol. The number of pyridine rings is 1. The van der Waals surface area contributed by atoms with Gasteiger partial charge in [0.05, 0.1) is 23.7 Å². The molecule has 6 heteroatoms. The van der Waals surface area contributed by atoms with E-state index in [0.29, 0.717) is 11.5 Å². The van der Waals surface area contributed by atoms with Gasteiger partial charge in [-0.1, -0.05) is 0 Å². The number of nitrogens with one attached hydrogen (secondary N) is 1. The Morgan fingerprint density at radius 3 is 2.81 bits per heavy atom. The molecule has 0 aliphatic heterocycles. The molecule has 5 nitrogen and oxygen atoms in total. The molecule has 2 aromatic heterocycles. The summed E-state index contributed by atoms with van der Waals surface area (Å²) in [7, 11) is 0. The van der Waals surface area contributed by atoms with Crippen LogP contribution in [0.4, 0.5) is 11.5 Å². The maximum Gasteiger partial charge on any atom is 0.261 e. The SMILES string of the molecule is Nc1ccc(NC(=O)c2ccoc2Cl)nc1. The molecule has 3 N–H and O–H groups in total. The Balaban J connectivity index is 2.14. The first kappa shape index (κ1) is 10.5. The lowest BCUT2D eigenvalue weighted by Crippen LogP contribution is -2.12. The van der Waals surface area contributed by atoms with E-state index in [2.05, 4.69) is 10.3 Å². The number of carbonyl (C=O) groups excluding carboxylic acids is 1. The molecule has 0 atom stereocenters. The van der Waals surface area contributed by atoms with E-state index in [4.69, 9.17) is 21.8 Å². The van der Waals surface area contributed by atoms with Crippen LogP contribution in [0.5, 0.6) is 0 Å². The zero-order chi connectivity index (χ0) is 11.5. The number of hydrogen-bond donors (Lipinski definition) is 2. The topological polar surface area (TPSA) is 81.1 Å². The van der Waals surface area contributed by atoms with E-state index < -0.39 is 0 Å². The van der Waals surface area contributed by atoms with Crippen LogP contribution in [0.25, 0.3) is 0 Å². The van der Waals surface area contributed by atoms with Crippen LogP contribution in [0, 0.1) is 0 Å². The third-order valence-electron chi connectivity index (χ3n) is 1.89. The average molecular weight is 238 g/mol. The Bertz CT molecular complexity index is 507. The van der Waals surface area contributed by atoms with E-state index in [0.717, 1.165) is 0 Å². The van der Waals surface area contributed by atoms with Gasteiger partial charge < -0.3 is 15.5 Å². The molecule has 82 valence electrons. The van der Waals surface area contributed by atoms with E-state index in [9.17, 15) is 4.79 Å². The van der Waals surface area contributed by atoms with Crippen LogP contribution < -0.4 is 11.1 Å². The number of nitrogens with two attached hydrogens (primary N) is 1. The lowest BCUT2D eigenvalue weighted by Gasteiger charge is -2.02. The number of aromatic nitrogens is 1. The van der Waals surface area contributed by atoms with Gasteiger partial charge in [0.1, 0.15) is 5.82 Å². The summed E-state index contributed by atoms with van der Waals surface area (Å²) in [6, 6.07) is 4.72. The van der Waals surface area contributed by atoms with Crippen molar-refractivity contribution in [2.45, 2.75) is 0 Å². The van der Waals surface area contributed by atoms with Gasteiger partial charge in [-0.3, -0.25) is 4.79 Å². The van der Waals surface area contributed by atoms with E-state index in [-0.39, 0.29) is 16.7 Å². The molecule has 0 saturated heterocycles. The average Bonchev–Trinajstić information content (AvgIpc) is 2.68. The second-order valence-electron chi connectivity index (χ2n) is 3.04. The van der Waals surface area contributed by atoms with Gasteiger partial charge in [0, 0.05) is 0 Å². The molecule has 0 aliphatic carbocycles. The van der Waals surface area contributed by atoms with Gasteiger partial charge in [-0.15, -0.1) is 0 Å². The number of hydrogen-bond acceptors (Lipinski definition) is 4. The Morgan fingerprint density at radius 1 is 1.44 bits per heavy atom. The van der Waals surface area contributed by atoms with Crippen molar-refractivity contribution < 1.29 is 9.21 Å². The van der Waals surface area contributed by atoms with Crippen molar-refractivity contribution in [3.05, 3.63) is 41.4 Å². The third-order valence-corrected chi connectivity index (χ3v) is 2.18. The first-order chi connectivity index (χ1) is 7.66. The molecular weight excluding hydrogens is 230 g/mol. The molecule has 0 bridgehead atoms. The molecule has 0 aromatic carbocycles. The van der Waals surface area contributed by atoms with Crippen LogP contribution in [-0.2, 0) is 0 Å². The summed E-state index contributed by atoms with van der Waals surface area (Å²) in [4.78, 5) is 15.6. The van der Waals surface area contributed by atoms with E-state index >= 15 is 0 Å². The van der Waals surface area contributed by atoms with Crippen LogP contribution in [0.15, 0.2) is 35.1 Å². The smallest absolute Gasteiger partial charge is 0.261 e. The molecule has 0 radical (unpaired) electrons. The molecule has 2 rings (SSSR count). The number of nitrogen functional groups attached to an aromatic ring is 1. The molecule has 2 heterocycles. The van der Waals surface area contributed by atoms with Crippen molar-refractivity contribution in [2.24, 2.45) is 0 Å². The minimum atomic E-state index is -0.379. The van der Waals surface area contributed by atoms with Gasteiger partial charge in [-0.2, -0.15) is 0 Å². The van der Waals surface area contributed by atoms with Gasteiger partial charge in [-0.25, -0.2) is 4.98 Å². The molecule has 0 spiro atoms. The van der Waals surface area contributed by atoms with Crippen molar-refractivity contribution in [2.75, 3.05) is 11.1 Å². The molecular formula is C10H8ClN3O2. The number of halogens is 1. The van der Waals surface area contributed by atoms with E-state index in [1.807, 2.05) is 0 Å². The minimum Gasteiger partial charge on any atom is -0.452 e. The second-order valence-corrected chi connectivity index (χ2v) is 3.38. The van der Waals surface area contributed by atoms with Gasteiger partial charge in [0.2, 0.25) is 5.22 Å². The highest BCUT2D eigenvalue weighted by Gasteiger charge is 2.13. The fourth-order valence-electron chi connectivity index (χ4n) is 1.12. The molecule has 0 aliphatic rings. The Kier molecular flexibility index (Phi) is 2.78. The lowest BCUT2D eigenvalue weighted by atomic mass is 10.3. The highest BCUT2D eigenvalue weighted by Crippen LogP contribution is 2.18. The fourth-order valence-corrected chi connectivity index (χ4v) is 1.32. The number of furan rings is 1. The van der Waals surface area contributed by atoms with E-state index in [1.165, 1.54) is 18.5 Å². The van der Waals surface area contributed by atoms with Gasteiger partial charge in [0.25, 0.3) is 5.91 Å². The van der Waals surface area contributed by atoms with Crippen molar-refractivity contribution in [1.82, 2.24) is 4.98 Å². The monoisotopic (exact) mass is 237 g/mol. The van der Waals surface area contributed by atoms with Crippen LogP contribution in [0.1, 0.15) is 10.4 Å². The van der Waals surface area contributed by atoms with Crippen LogP contribution in [0.2, 0.25) is 5.22 Å². The molecule has 0 fully saturated rings. The van der Waals surface area contributed by atoms with Gasteiger partial charge in [-0.05, 0) is 29.8 Å². The number of rotatable bonds is 2. The summed E-state index contributed by atoms with van der Waals surface area (Å²) in [5.41, 5.74) is 6.26. The van der Waals surface area contributed by atoms with Crippen molar-refractivity contribution in [3.8, 4) is 0 Å². The summed E-state index contributed by atoms with van der Waals surface area (Å²) in [5.74, 6) is 0.0208. The summed E-state index contributed by atoms with van der Waals surface area (Å²) in [6.45, 7) is 0. The normalized spacial score (nSPS) is 10.1. The van der Waals surface area contributed by atoms with E-state index in [1.54, 1.807) is 12.1 Å². The standard InChI is InChI=1S/C10H8ClN3O2/c11-9-7(3-4-16-9)10(15)14-8-2-1-6(12)5-13-8/h1-5H,12H2,(H,13,14,15). The largest absolute Gasteiger partial charge is 0.452 e. The Labute approximate surface area is 96.2 Å². The zero-order valence-corrected chi connectivity index (χ0v) is 8.86. The molecule has 2 aromatic rings.